The van der Waals surface area contributed by atoms with Gasteiger partial charge in [0.05, 0.1) is 11.3 Å². The van der Waals surface area contributed by atoms with Crippen LogP contribution in [0, 0.1) is 17.1 Å². The fourth-order valence-corrected chi connectivity index (χ4v) is 5.74. The minimum atomic E-state index is -0.548. The van der Waals surface area contributed by atoms with Crippen LogP contribution in [0.3, 0.4) is 0 Å². The Morgan fingerprint density at radius 2 is 1.95 bits per heavy atom. The van der Waals surface area contributed by atoms with Gasteiger partial charge in [-0.05, 0) is 73.5 Å². The summed E-state index contributed by atoms with van der Waals surface area (Å²) in [6, 6.07) is 15.8. The van der Waals surface area contributed by atoms with Crippen molar-refractivity contribution in [2.45, 2.75) is 24.8 Å². The fourth-order valence-electron chi connectivity index (χ4n) is 5.42. The molecular weight excluding hydrogens is 524 g/mol. The van der Waals surface area contributed by atoms with Gasteiger partial charge in [0.1, 0.15) is 17.0 Å². The third-order valence-corrected chi connectivity index (χ3v) is 7.72. The van der Waals surface area contributed by atoms with Gasteiger partial charge in [-0.25, -0.2) is 14.2 Å². The molecule has 9 heteroatoms. The highest BCUT2D eigenvalue weighted by Gasteiger charge is 2.48. The van der Waals surface area contributed by atoms with Crippen LogP contribution >= 0.6 is 23.2 Å². The monoisotopic (exact) mass is 549 g/mol. The number of nitriles is 1. The van der Waals surface area contributed by atoms with Crippen LogP contribution < -0.4 is 10.2 Å². The van der Waals surface area contributed by atoms with Crippen LogP contribution in [0.4, 0.5) is 14.9 Å². The van der Waals surface area contributed by atoms with E-state index >= 15 is 0 Å². The molecule has 0 aliphatic carbocycles. The summed E-state index contributed by atoms with van der Waals surface area (Å²) >= 11 is 12.1. The van der Waals surface area contributed by atoms with Crippen molar-refractivity contribution in [3.63, 3.8) is 0 Å². The van der Waals surface area contributed by atoms with Crippen molar-refractivity contribution in [3.8, 4) is 6.07 Å². The second-order valence-electron chi connectivity index (χ2n) is 9.65. The molecule has 1 fully saturated rings. The van der Waals surface area contributed by atoms with Crippen LogP contribution in [0.2, 0.25) is 10.2 Å². The molecule has 1 aromatic heterocycles. The van der Waals surface area contributed by atoms with Crippen molar-refractivity contribution >= 4 is 41.0 Å². The number of halogens is 3. The molecule has 3 aromatic rings. The van der Waals surface area contributed by atoms with E-state index in [4.69, 9.17) is 23.2 Å². The summed E-state index contributed by atoms with van der Waals surface area (Å²) in [7, 11) is 0. The molecular formula is C29H26Cl2FN5O. The Balaban J connectivity index is 1.49. The Kier molecular flexibility index (Phi) is 7.66. The summed E-state index contributed by atoms with van der Waals surface area (Å²) in [5.41, 5.74) is 2.63. The second kappa shape index (κ2) is 11.1. The molecule has 0 saturated carbocycles. The molecule has 1 N–H and O–H groups in total. The first-order chi connectivity index (χ1) is 18.4. The first-order valence-electron chi connectivity index (χ1n) is 12.4. The molecule has 1 spiro atoms. The van der Waals surface area contributed by atoms with Gasteiger partial charge in [0.2, 0.25) is 0 Å². The molecule has 2 aliphatic rings. The Labute approximate surface area is 231 Å². The van der Waals surface area contributed by atoms with Gasteiger partial charge in [-0.3, -0.25) is 4.90 Å². The van der Waals surface area contributed by atoms with E-state index in [1.807, 2.05) is 42.5 Å². The average Bonchev–Trinajstić information content (AvgIpc) is 3.22. The Hall–Kier alpha value is -3.44. The number of benzene rings is 2. The summed E-state index contributed by atoms with van der Waals surface area (Å²) in [6.45, 7) is 2.51. The molecule has 6 nitrogen and oxygen atoms in total. The zero-order valence-electron chi connectivity index (χ0n) is 20.6. The maximum Gasteiger partial charge on any atom is 0.325 e. The molecule has 38 heavy (non-hydrogen) atoms. The first-order valence-corrected chi connectivity index (χ1v) is 13.2. The number of carbonyl (C=O) groups excluding carboxylic acids is 1. The highest BCUT2D eigenvalue weighted by Crippen LogP contribution is 2.48. The lowest BCUT2D eigenvalue weighted by Gasteiger charge is -2.35. The van der Waals surface area contributed by atoms with Crippen molar-refractivity contribution in [2.75, 3.05) is 31.1 Å². The molecule has 3 heterocycles. The molecule has 5 rings (SSSR count). The Morgan fingerprint density at radius 3 is 2.66 bits per heavy atom. The van der Waals surface area contributed by atoms with Crippen LogP contribution in [0.5, 0.6) is 0 Å². The van der Waals surface area contributed by atoms with E-state index in [1.54, 1.807) is 28.1 Å². The molecule has 0 atom stereocenters. The van der Waals surface area contributed by atoms with Crippen LogP contribution in [0.25, 0.3) is 6.08 Å². The normalized spacial score (nSPS) is 16.0. The number of hydrogen-bond acceptors (Lipinski definition) is 4. The van der Waals surface area contributed by atoms with Crippen molar-refractivity contribution in [3.05, 3.63) is 99.1 Å². The quantitative estimate of drug-likeness (QED) is 0.386. The number of amides is 2. The number of piperidine rings is 1. The van der Waals surface area contributed by atoms with Gasteiger partial charge < -0.3 is 10.2 Å². The lowest BCUT2D eigenvalue weighted by molar-refractivity contribution is 0.205. The highest BCUT2D eigenvalue weighted by molar-refractivity contribution is 6.30. The van der Waals surface area contributed by atoms with E-state index in [0.717, 1.165) is 37.1 Å². The third-order valence-electron chi connectivity index (χ3n) is 7.26. The minimum absolute atomic E-state index is 0.0369. The number of aromatic nitrogens is 1. The molecule has 194 valence electrons. The number of nitrogens with zero attached hydrogens (tertiary/aromatic N) is 4. The SMILES string of the molecule is N#Cc1c(F)ccc2c1C1(CCNCC1)CN2C(=O)N(CC=Cc1ccc(Cl)cc1)Cc1ccnc(Cl)c1. The number of anilines is 1. The predicted octanol–water partition coefficient (Wildman–Crippen LogP) is 6.18. The van der Waals surface area contributed by atoms with Crippen LogP contribution in [0.15, 0.2) is 60.8 Å². The number of hydrogen-bond donors (Lipinski definition) is 1. The zero-order valence-corrected chi connectivity index (χ0v) is 22.1. The Morgan fingerprint density at radius 1 is 1.18 bits per heavy atom. The second-order valence-corrected chi connectivity index (χ2v) is 10.5. The summed E-state index contributed by atoms with van der Waals surface area (Å²) in [6.07, 6.45) is 6.91. The molecule has 2 amide bonds. The molecule has 1 saturated heterocycles. The van der Waals surface area contributed by atoms with Gasteiger partial charge in [-0.15, -0.1) is 0 Å². The van der Waals surface area contributed by atoms with Gasteiger partial charge >= 0.3 is 6.03 Å². The lowest BCUT2D eigenvalue weighted by Crippen LogP contribution is -2.48. The van der Waals surface area contributed by atoms with E-state index in [9.17, 15) is 14.4 Å². The van der Waals surface area contributed by atoms with Gasteiger partial charge in [0.15, 0.2) is 0 Å². The molecule has 0 bridgehead atoms. The topological polar surface area (TPSA) is 72.3 Å². The molecule has 0 unspecified atom stereocenters. The van der Waals surface area contributed by atoms with Crippen LogP contribution in [-0.2, 0) is 12.0 Å². The predicted molar refractivity (Wildman–Crippen MR) is 148 cm³/mol. The summed E-state index contributed by atoms with van der Waals surface area (Å²) in [5.74, 6) is -0.548. The van der Waals surface area contributed by atoms with Crippen LogP contribution in [-0.4, -0.2) is 42.1 Å². The van der Waals surface area contributed by atoms with Gasteiger partial charge in [-0.2, -0.15) is 5.26 Å². The van der Waals surface area contributed by atoms with Crippen molar-refractivity contribution in [1.82, 2.24) is 15.2 Å². The fraction of sp³-hybridized carbons (Fsp3) is 0.276. The summed E-state index contributed by atoms with van der Waals surface area (Å²) < 4.78 is 14.8. The van der Waals surface area contributed by atoms with E-state index in [0.29, 0.717) is 41.1 Å². The van der Waals surface area contributed by atoms with Crippen molar-refractivity contribution < 1.29 is 9.18 Å². The van der Waals surface area contributed by atoms with Crippen LogP contribution in [0.1, 0.15) is 35.1 Å². The number of rotatable bonds is 5. The van der Waals surface area contributed by atoms with Gasteiger partial charge in [0, 0.05) is 41.8 Å². The smallest absolute Gasteiger partial charge is 0.317 e. The number of fused-ring (bicyclic) bond motifs is 2. The lowest BCUT2D eigenvalue weighted by atomic mass is 9.73. The molecule has 0 radical (unpaired) electrons. The van der Waals surface area contributed by atoms with Crippen molar-refractivity contribution in [2.24, 2.45) is 0 Å². The number of pyridine rings is 1. The van der Waals surface area contributed by atoms with Gasteiger partial charge in [0.25, 0.3) is 0 Å². The Bertz CT molecular complexity index is 1410. The summed E-state index contributed by atoms with van der Waals surface area (Å²) in [4.78, 5) is 21.6. The maximum absolute atomic E-state index is 14.8. The molecule has 2 aliphatic heterocycles. The van der Waals surface area contributed by atoms with E-state index in [2.05, 4.69) is 16.4 Å². The van der Waals surface area contributed by atoms with E-state index in [1.165, 1.54) is 6.07 Å². The number of carbonyl (C=O) groups is 1. The number of urea groups is 1. The largest absolute Gasteiger partial charge is 0.325 e. The third kappa shape index (κ3) is 5.25. The first kappa shape index (κ1) is 26.2. The maximum atomic E-state index is 14.8. The highest BCUT2D eigenvalue weighted by atomic mass is 35.5. The molecule has 2 aromatic carbocycles. The van der Waals surface area contributed by atoms with E-state index < -0.39 is 11.2 Å². The van der Waals surface area contributed by atoms with Crippen molar-refractivity contribution in [1.29, 1.82) is 5.26 Å². The van der Waals surface area contributed by atoms with E-state index in [-0.39, 0.29) is 11.6 Å². The minimum Gasteiger partial charge on any atom is -0.317 e. The van der Waals surface area contributed by atoms with Gasteiger partial charge in [-0.1, -0.05) is 47.5 Å². The summed E-state index contributed by atoms with van der Waals surface area (Å²) in [5, 5.41) is 14.2. The zero-order chi connectivity index (χ0) is 26.7. The standard InChI is InChI=1S/C29H26Cl2FN5O/c30-22-5-3-20(4-6-22)2-1-15-36(18-21-9-12-35-26(31)16-21)28(38)37-19-29(10-13-34-14-11-29)27-23(17-33)24(32)7-8-25(27)37/h1-9,12,16,34H,10-11,13-15,18-19H2. The average molecular weight is 550 g/mol. The number of nitrogens with one attached hydrogen (secondary N) is 1.